The highest BCUT2D eigenvalue weighted by molar-refractivity contribution is 6.02. The fraction of sp³-hybridized carbons (Fsp3) is 0.655. The Balaban J connectivity index is 1.25. The van der Waals surface area contributed by atoms with Crippen LogP contribution >= 0.6 is 0 Å². The van der Waals surface area contributed by atoms with Gasteiger partial charge in [0.25, 0.3) is 5.92 Å². The SMILES string of the molecule is Cn1nc(C2CCC(=O)NC2=O)c2cc(F)c(C3CCN(CC4CCN(C(=O)OC(C)(C)C)CC4)CC3(F)F)cc21. The molecule has 1 N–H and O–H groups in total. The summed E-state index contributed by atoms with van der Waals surface area (Å²) in [6.07, 6.45) is 1.60. The van der Waals surface area contributed by atoms with Gasteiger partial charge in [-0.25, -0.2) is 18.0 Å². The number of rotatable bonds is 4. The minimum atomic E-state index is -3.14. The zero-order valence-electron chi connectivity index (χ0n) is 24.0. The Bertz CT molecular complexity index is 1350. The molecule has 41 heavy (non-hydrogen) atoms. The van der Waals surface area contributed by atoms with E-state index in [1.54, 1.807) is 16.8 Å². The Hall–Kier alpha value is -3.15. The summed E-state index contributed by atoms with van der Waals surface area (Å²) >= 11 is 0. The van der Waals surface area contributed by atoms with E-state index in [2.05, 4.69) is 10.4 Å². The molecule has 3 aliphatic rings. The molecule has 1 aromatic carbocycles. The number of fused-ring (bicyclic) bond motifs is 1. The Morgan fingerprint density at radius 3 is 2.46 bits per heavy atom. The van der Waals surface area contributed by atoms with E-state index in [1.165, 1.54) is 16.8 Å². The average molecular weight is 578 g/mol. The molecule has 9 nitrogen and oxygen atoms in total. The van der Waals surface area contributed by atoms with Crippen molar-refractivity contribution in [3.05, 3.63) is 29.2 Å². The highest BCUT2D eigenvalue weighted by Gasteiger charge is 2.47. The largest absolute Gasteiger partial charge is 0.444 e. The number of nitrogens with one attached hydrogen (secondary N) is 1. The van der Waals surface area contributed by atoms with Crippen molar-refractivity contribution >= 4 is 28.8 Å². The quantitative estimate of drug-likeness (QED) is 0.545. The first-order chi connectivity index (χ1) is 19.2. The molecule has 3 saturated heterocycles. The van der Waals surface area contributed by atoms with Crippen LogP contribution in [0.15, 0.2) is 12.1 Å². The first-order valence-corrected chi connectivity index (χ1v) is 14.3. The fourth-order valence-electron chi connectivity index (χ4n) is 6.34. The van der Waals surface area contributed by atoms with E-state index in [9.17, 15) is 14.4 Å². The lowest BCUT2D eigenvalue weighted by molar-refractivity contribution is -0.134. The zero-order chi connectivity index (χ0) is 29.7. The third-order valence-corrected chi connectivity index (χ3v) is 8.40. The van der Waals surface area contributed by atoms with Crippen LogP contribution in [0.3, 0.4) is 0 Å². The number of ether oxygens (including phenoxy) is 1. The van der Waals surface area contributed by atoms with Crippen LogP contribution in [-0.2, 0) is 21.4 Å². The van der Waals surface area contributed by atoms with Gasteiger partial charge in [0.15, 0.2) is 0 Å². The molecule has 2 atom stereocenters. The number of nitrogens with zero attached hydrogens (tertiary/aromatic N) is 4. The molecular formula is C29H38F3N5O4. The van der Waals surface area contributed by atoms with Crippen molar-refractivity contribution in [1.82, 2.24) is 24.9 Å². The topological polar surface area (TPSA) is 96.8 Å². The van der Waals surface area contributed by atoms with Gasteiger partial charge in [0.2, 0.25) is 11.8 Å². The maximum atomic E-state index is 15.6. The number of likely N-dealkylation sites (tertiary alicyclic amines) is 2. The Morgan fingerprint density at radius 1 is 1.12 bits per heavy atom. The lowest BCUT2D eigenvalue weighted by atomic mass is 9.84. The third-order valence-electron chi connectivity index (χ3n) is 8.40. The molecule has 12 heteroatoms. The zero-order valence-corrected chi connectivity index (χ0v) is 24.0. The van der Waals surface area contributed by atoms with Crippen molar-refractivity contribution in [1.29, 1.82) is 0 Å². The monoisotopic (exact) mass is 577 g/mol. The van der Waals surface area contributed by atoms with Gasteiger partial charge in [0.05, 0.1) is 29.6 Å². The minimum Gasteiger partial charge on any atom is -0.444 e. The fourth-order valence-corrected chi connectivity index (χ4v) is 6.34. The van der Waals surface area contributed by atoms with Crippen molar-refractivity contribution in [3.8, 4) is 0 Å². The van der Waals surface area contributed by atoms with Gasteiger partial charge in [-0.2, -0.15) is 5.10 Å². The Labute approximate surface area is 237 Å². The van der Waals surface area contributed by atoms with Crippen LogP contribution in [0.1, 0.15) is 76.0 Å². The van der Waals surface area contributed by atoms with E-state index >= 15 is 13.2 Å². The van der Waals surface area contributed by atoms with Crippen molar-refractivity contribution in [2.45, 2.75) is 76.2 Å². The summed E-state index contributed by atoms with van der Waals surface area (Å²) in [5, 5.41) is 7.09. The van der Waals surface area contributed by atoms with Crippen LogP contribution in [0.5, 0.6) is 0 Å². The Morgan fingerprint density at radius 2 is 1.83 bits per heavy atom. The first kappa shape index (κ1) is 29.3. The number of hydrogen-bond acceptors (Lipinski definition) is 6. The van der Waals surface area contributed by atoms with Crippen LogP contribution < -0.4 is 5.32 Å². The number of piperidine rings is 3. The van der Waals surface area contributed by atoms with Gasteiger partial charge in [-0.3, -0.25) is 24.5 Å². The minimum absolute atomic E-state index is 0.0503. The summed E-state index contributed by atoms with van der Waals surface area (Å²) in [6, 6.07) is 2.64. The van der Waals surface area contributed by atoms with Gasteiger partial charge < -0.3 is 9.64 Å². The second-order valence-corrected chi connectivity index (χ2v) is 12.7. The number of benzene rings is 1. The second-order valence-electron chi connectivity index (χ2n) is 12.7. The molecule has 224 valence electrons. The number of amides is 3. The number of halogens is 3. The van der Waals surface area contributed by atoms with Gasteiger partial charge in [-0.15, -0.1) is 0 Å². The number of carbonyl (C=O) groups is 3. The van der Waals surface area contributed by atoms with Crippen LogP contribution in [-0.4, -0.2) is 81.7 Å². The number of carbonyl (C=O) groups excluding carboxylic acids is 3. The summed E-state index contributed by atoms with van der Waals surface area (Å²) in [6.45, 7) is 6.98. The van der Waals surface area contributed by atoms with Crippen LogP contribution in [0.25, 0.3) is 10.9 Å². The number of hydrogen-bond donors (Lipinski definition) is 1. The van der Waals surface area contributed by atoms with Crippen LogP contribution in [0.2, 0.25) is 0 Å². The average Bonchev–Trinajstić information content (AvgIpc) is 3.17. The normalized spacial score (nSPS) is 24.5. The second kappa shape index (κ2) is 10.9. The van der Waals surface area contributed by atoms with E-state index in [-0.39, 0.29) is 42.7 Å². The molecule has 4 heterocycles. The van der Waals surface area contributed by atoms with Gasteiger partial charge >= 0.3 is 6.09 Å². The number of imide groups is 1. The smallest absolute Gasteiger partial charge is 0.410 e. The molecule has 1 aromatic heterocycles. The van der Waals surface area contributed by atoms with Crippen molar-refractivity contribution < 1.29 is 32.3 Å². The molecule has 0 bridgehead atoms. The lowest BCUT2D eigenvalue weighted by Crippen LogP contribution is -2.50. The highest BCUT2D eigenvalue weighted by atomic mass is 19.3. The van der Waals surface area contributed by atoms with Crippen LogP contribution in [0, 0.1) is 11.7 Å². The molecule has 3 amide bonds. The molecule has 0 aliphatic carbocycles. The van der Waals surface area contributed by atoms with E-state index in [0.717, 1.165) is 0 Å². The van der Waals surface area contributed by atoms with Gasteiger partial charge in [-0.05, 0) is 76.6 Å². The van der Waals surface area contributed by atoms with Gasteiger partial charge in [0, 0.05) is 38.5 Å². The van der Waals surface area contributed by atoms with E-state index in [0.29, 0.717) is 55.6 Å². The molecular weight excluding hydrogens is 539 g/mol. The number of aryl methyl sites for hydroxylation is 1. The molecule has 0 saturated carbocycles. The van der Waals surface area contributed by atoms with Gasteiger partial charge in [0.1, 0.15) is 11.4 Å². The standard InChI is InChI=1S/C29H38F3N5O4/c1-28(2,3)41-27(40)37-11-7-17(8-12-37)15-36-10-9-21(29(31,32)16-36)19-14-23-20(13-22(19)30)25(34-35(23)4)18-5-6-24(38)33-26(18)39/h13-14,17-18,21H,5-12,15-16H2,1-4H3,(H,33,38,39). The summed E-state index contributed by atoms with van der Waals surface area (Å²) in [4.78, 5) is 39.7. The summed E-state index contributed by atoms with van der Waals surface area (Å²) in [5.74, 6) is -6.54. The number of alkyl halides is 2. The van der Waals surface area contributed by atoms with Crippen molar-refractivity contribution in [2.75, 3.05) is 32.7 Å². The predicted octanol–water partition coefficient (Wildman–Crippen LogP) is 4.30. The molecule has 3 fully saturated rings. The van der Waals surface area contributed by atoms with Crippen molar-refractivity contribution in [3.63, 3.8) is 0 Å². The van der Waals surface area contributed by atoms with E-state index in [1.807, 2.05) is 20.8 Å². The predicted molar refractivity (Wildman–Crippen MR) is 145 cm³/mol. The van der Waals surface area contributed by atoms with Gasteiger partial charge in [-0.1, -0.05) is 0 Å². The molecule has 0 spiro atoms. The maximum Gasteiger partial charge on any atom is 0.410 e. The highest BCUT2D eigenvalue weighted by Crippen LogP contribution is 2.43. The molecule has 2 unspecified atom stereocenters. The third kappa shape index (κ3) is 6.22. The molecule has 2 aromatic rings. The maximum absolute atomic E-state index is 15.6. The first-order valence-electron chi connectivity index (χ1n) is 14.3. The number of aromatic nitrogens is 2. The van der Waals surface area contributed by atoms with Crippen molar-refractivity contribution in [2.24, 2.45) is 13.0 Å². The Kier molecular flexibility index (Phi) is 7.82. The van der Waals surface area contributed by atoms with Crippen LogP contribution in [0.4, 0.5) is 18.0 Å². The lowest BCUT2D eigenvalue weighted by Gasteiger charge is -2.41. The summed E-state index contributed by atoms with van der Waals surface area (Å²) in [7, 11) is 1.63. The summed E-state index contributed by atoms with van der Waals surface area (Å²) in [5.41, 5.74) is 0.194. The molecule has 0 radical (unpaired) electrons. The summed E-state index contributed by atoms with van der Waals surface area (Å²) < 4.78 is 53.5. The van der Waals surface area contributed by atoms with E-state index in [4.69, 9.17) is 4.74 Å². The van der Waals surface area contributed by atoms with E-state index < -0.39 is 41.6 Å². The molecule has 3 aliphatic heterocycles. The molecule has 5 rings (SSSR count).